The van der Waals surface area contributed by atoms with Crippen LogP contribution in [-0.4, -0.2) is 60.2 Å². The van der Waals surface area contributed by atoms with Crippen LogP contribution in [0.2, 0.25) is 0 Å². The van der Waals surface area contributed by atoms with E-state index in [9.17, 15) is 0 Å². The molecule has 0 atom stereocenters. The van der Waals surface area contributed by atoms with Gasteiger partial charge >= 0.3 is 0 Å². The van der Waals surface area contributed by atoms with Gasteiger partial charge in [-0.15, -0.1) is 24.0 Å². The van der Waals surface area contributed by atoms with E-state index in [4.69, 9.17) is 4.74 Å². The molecule has 0 unspecified atom stereocenters. The van der Waals surface area contributed by atoms with E-state index in [1.54, 1.807) is 19.4 Å². The number of nitrogens with zero attached hydrogens (tertiary/aromatic N) is 4. The summed E-state index contributed by atoms with van der Waals surface area (Å²) < 4.78 is 5.64. The van der Waals surface area contributed by atoms with E-state index in [1.807, 2.05) is 30.5 Å². The van der Waals surface area contributed by atoms with Gasteiger partial charge in [-0.1, -0.05) is 6.07 Å². The third kappa shape index (κ3) is 7.59. The van der Waals surface area contributed by atoms with Gasteiger partial charge in [-0.2, -0.15) is 0 Å². The lowest BCUT2D eigenvalue weighted by atomic mass is 10.1. The summed E-state index contributed by atoms with van der Waals surface area (Å²) in [6, 6.07) is 10.3. The first-order valence-corrected chi connectivity index (χ1v) is 9.46. The average molecular weight is 496 g/mol. The van der Waals surface area contributed by atoms with Crippen LogP contribution in [0.4, 0.5) is 0 Å². The maximum Gasteiger partial charge on any atom is 0.191 e. The highest BCUT2D eigenvalue weighted by atomic mass is 127. The van der Waals surface area contributed by atoms with Crippen molar-refractivity contribution >= 4 is 29.9 Å². The number of pyridine rings is 2. The number of aliphatic imine (C=N–C) groups is 1. The molecule has 7 nitrogen and oxygen atoms in total. The summed E-state index contributed by atoms with van der Waals surface area (Å²) in [7, 11) is 1.80. The van der Waals surface area contributed by atoms with Gasteiger partial charge < -0.3 is 15.4 Å². The third-order valence-electron chi connectivity index (χ3n) is 4.56. The molecule has 28 heavy (non-hydrogen) atoms. The Bertz CT molecular complexity index is 692. The second-order valence-corrected chi connectivity index (χ2v) is 6.55. The van der Waals surface area contributed by atoms with Gasteiger partial charge in [0.2, 0.25) is 0 Å². The van der Waals surface area contributed by atoms with Crippen molar-refractivity contribution in [3.63, 3.8) is 0 Å². The molecule has 8 heteroatoms. The zero-order valence-corrected chi connectivity index (χ0v) is 18.6. The van der Waals surface area contributed by atoms with Gasteiger partial charge in [-0.3, -0.25) is 19.9 Å². The van der Waals surface area contributed by atoms with Crippen LogP contribution in [0.5, 0.6) is 5.75 Å². The first-order valence-electron chi connectivity index (χ1n) is 9.46. The van der Waals surface area contributed by atoms with E-state index in [0.29, 0.717) is 19.2 Å². The fourth-order valence-electron chi connectivity index (χ4n) is 3.11. The largest absolute Gasteiger partial charge is 0.490 e. The van der Waals surface area contributed by atoms with Crippen LogP contribution in [0.1, 0.15) is 18.5 Å². The molecule has 0 aliphatic carbocycles. The number of aromatic nitrogens is 2. The number of nitrogens with one attached hydrogen (secondary N) is 2. The van der Waals surface area contributed by atoms with Crippen LogP contribution in [0.15, 0.2) is 53.9 Å². The lowest BCUT2D eigenvalue weighted by Gasteiger charge is -2.32. The van der Waals surface area contributed by atoms with Crippen LogP contribution in [0.3, 0.4) is 0 Å². The number of likely N-dealkylation sites (tertiary alicyclic amines) is 1. The van der Waals surface area contributed by atoms with E-state index in [-0.39, 0.29) is 24.0 Å². The van der Waals surface area contributed by atoms with Crippen LogP contribution < -0.4 is 15.4 Å². The molecule has 0 saturated carbocycles. The molecule has 0 aromatic carbocycles. The first-order chi connectivity index (χ1) is 13.3. The van der Waals surface area contributed by atoms with Gasteiger partial charge in [-0.25, -0.2) is 0 Å². The Balaban J connectivity index is 0.00000280. The van der Waals surface area contributed by atoms with Crippen molar-refractivity contribution in [2.45, 2.75) is 25.4 Å². The summed E-state index contributed by atoms with van der Waals surface area (Å²) in [5.41, 5.74) is 1.13. The van der Waals surface area contributed by atoms with E-state index >= 15 is 0 Å². The molecule has 0 amide bonds. The molecule has 2 N–H and O–H groups in total. The number of rotatable bonds is 7. The van der Waals surface area contributed by atoms with Crippen LogP contribution >= 0.6 is 24.0 Å². The summed E-state index contributed by atoms with van der Waals surface area (Å²) >= 11 is 0. The molecule has 0 radical (unpaired) electrons. The van der Waals surface area contributed by atoms with Gasteiger partial charge in [0.15, 0.2) is 5.96 Å². The van der Waals surface area contributed by atoms with Crippen molar-refractivity contribution in [1.82, 2.24) is 25.5 Å². The highest BCUT2D eigenvalue weighted by Gasteiger charge is 2.20. The fourth-order valence-corrected chi connectivity index (χ4v) is 3.11. The third-order valence-corrected chi connectivity index (χ3v) is 4.56. The molecule has 1 fully saturated rings. The first kappa shape index (κ1) is 22.4. The van der Waals surface area contributed by atoms with Crippen molar-refractivity contribution in [3.8, 4) is 5.75 Å². The summed E-state index contributed by atoms with van der Waals surface area (Å²) in [6.07, 6.45) is 7.50. The zero-order chi connectivity index (χ0) is 18.7. The fraction of sp³-hybridized carbons (Fsp3) is 0.450. The molecule has 2 aromatic heterocycles. The Labute approximate surface area is 184 Å². The Morgan fingerprint density at radius 2 is 2.07 bits per heavy atom. The summed E-state index contributed by atoms with van der Waals surface area (Å²) in [5, 5.41) is 6.83. The lowest BCUT2D eigenvalue weighted by Crippen LogP contribution is -2.49. The van der Waals surface area contributed by atoms with E-state index in [1.165, 1.54) is 0 Å². The molecule has 152 valence electrons. The highest BCUT2D eigenvalue weighted by molar-refractivity contribution is 14.0. The van der Waals surface area contributed by atoms with Crippen molar-refractivity contribution in [1.29, 1.82) is 0 Å². The Morgan fingerprint density at radius 1 is 1.21 bits per heavy atom. The van der Waals surface area contributed by atoms with Crippen molar-refractivity contribution in [2.24, 2.45) is 4.99 Å². The maximum absolute atomic E-state index is 5.64. The van der Waals surface area contributed by atoms with Crippen LogP contribution in [-0.2, 0) is 6.54 Å². The molecule has 2 aromatic rings. The summed E-state index contributed by atoms with van der Waals surface area (Å²) in [6.45, 7) is 4.30. The van der Waals surface area contributed by atoms with Gasteiger partial charge in [0.1, 0.15) is 12.4 Å². The Morgan fingerprint density at radius 3 is 2.75 bits per heavy atom. The minimum atomic E-state index is 0. The van der Waals surface area contributed by atoms with E-state index in [2.05, 4.69) is 36.6 Å². The molecular formula is C20H29IN6O. The Hall–Kier alpha value is -1.94. The summed E-state index contributed by atoms with van der Waals surface area (Å²) in [5.74, 6) is 1.61. The maximum atomic E-state index is 5.64. The van der Waals surface area contributed by atoms with Gasteiger partial charge in [0.05, 0.1) is 18.4 Å². The van der Waals surface area contributed by atoms with Gasteiger partial charge in [0, 0.05) is 45.1 Å². The normalized spacial score (nSPS) is 15.5. The van der Waals surface area contributed by atoms with Gasteiger partial charge in [0.25, 0.3) is 0 Å². The monoisotopic (exact) mass is 496 g/mol. The molecular weight excluding hydrogens is 467 g/mol. The minimum absolute atomic E-state index is 0. The molecule has 1 aliphatic heterocycles. The molecule has 1 saturated heterocycles. The predicted molar refractivity (Wildman–Crippen MR) is 122 cm³/mol. The minimum Gasteiger partial charge on any atom is -0.490 e. The number of hydrogen-bond donors (Lipinski definition) is 2. The number of piperidine rings is 1. The molecule has 1 aliphatic rings. The second kappa shape index (κ2) is 12.5. The van der Waals surface area contributed by atoms with Crippen molar-refractivity contribution in [3.05, 3.63) is 54.6 Å². The molecule has 0 spiro atoms. The average Bonchev–Trinajstić information content (AvgIpc) is 2.73. The predicted octanol–water partition coefficient (Wildman–Crippen LogP) is 2.30. The van der Waals surface area contributed by atoms with E-state index in [0.717, 1.165) is 49.9 Å². The second-order valence-electron chi connectivity index (χ2n) is 6.55. The summed E-state index contributed by atoms with van der Waals surface area (Å²) in [4.78, 5) is 15.2. The zero-order valence-electron chi connectivity index (χ0n) is 16.3. The molecule has 0 bridgehead atoms. The number of guanidine groups is 1. The smallest absolute Gasteiger partial charge is 0.191 e. The topological polar surface area (TPSA) is 74.7 Å². The number of halogens is 1. The van der Waals surface area contributed by atoms with Crippen molar-refractivity contribution in [2.75, 3.05) is 33.3 Å². The molecule has 3 rings (SSSR count). The van der Waals surface area contributed by atoms with Crippen LogP contribution in [0, 0.1) is 0 Å². The highest BCUT2D eigenvalue weighted by Crippen LogP contribution is 2.12. The SMILES string of the molecule is CN=C(NCCOc1cccnc1)NC1CCN(Cc2ccccn2)CC1.I. The number of ether oxygens (including phenoxy) is 1. The standard InChI is InChI=1S/C20H28N6O.HI/c1-21-20(24-11-14-27-19-6-4-9-22-15-19)25-17-7-12-26(13-8-17)16-18-5-2-3-10-23-18;/h2-6,9-10,15,17H,7-8,11-14,16H2,1H3,(H2,21,24,25);1H. The van der Waals surface area contributed by atoms with E-state index < -0.39 is 0 Å². The Kier molecular flexibility index (Phi) is 9.98. The van der Waals surface area contributed by atoms with Crippen molar-refractivity contribution < 1.29 is 4.74 Å². The quantitative estimate of drug-likeness (QED) is 0.265. The van der Waals surface area contributed by atoms with Crippen LogP contribution in [0.25, 0.3) is 0 Å². The molecule has 3 heterocycles. The van der Waals surface area contributed by atoms with Gasteiger partial charge in [-0.05, 0) is 37.1 Å². The number of hydrogen-bond acceptors (Lipinski definition) is 5. The lowest BCUT2D eigenvalue weighted by molar-refractivity contribution is 0.196.